The van der Waals surface area contributed by atoms with Gasteiger partial charge in [0.25, 0.3) is 0 Å². The second-order valence-corrected chi connectivity index (χ2v) is 8.91. The average molecular weight is 453 g/mol. The summed E-state index contributed by atoms with van der Waals surface area (Å²) in [5.74, 6) is 0.733. The number of thiophene rings is 1. The van der Waals surface area contributed by atoms with Crippen LogP contribution in [0.5, 0.6) is 0 Å². The molecule has 5 nitrogen and oxygen atoms in total. The predicted octanol–water partition coefficient (Wildman–Crippen LogP) is 4.94. The number of carbonyl (C=O) groups is 1. The molecule has 0 unspecified atom stereocenters. The van der Waals surface area contributed by atoms with E-state index in [2.05, 4.69) is 26.9 Å². The van der Waals surface area contributed by atoms with E-state index in [4.69, 9.17) is 0 Å². The van der Waals surface area contributed by atoms with Crippen LogP contribution < -0.4 is 0 Å². The lowest BCUT2D eigenvalue weighted by Crippen LogP contribution is -2.27. The van der Waals surface area contributed by atoms with Gasteiger partial charge in [-0.1, -0.05) is 60.3 Å². The van der Waals surface area contributed by atoms with Crippen molar-refractivity contribution in [3.05, 3.63) is 89.1 Å². The molecule has 0 bridgehead atoms. The van der Waals surface area contributed by atoms with Crippen molar-refractivity contribution < 1.29 is 9.18 Å². The van der Waals surface area contributed by atoms with Gasteiger partial charge in [0, 0.05) is 13.6 Å². The highest BCUT2D eigenvalue weighted by atomic mass is 32.2. The average Bonchev–Trinajstić information content (AvgIpc) is 3.44. The fraction of sp³-hybridized carbons (Fsp3) is 0.174. The molecule has 0 aliphatic heterocycles. The molecule has 0 radical (unpaired) electrons. The Labute approximate surface area is 188 Å². The first-order chi connectivity index (χ1) is 15.1. The van der Waals surface area contributed by atoms with E-state index >= 15 is 0 Å². The van der Waals surface area contributed by atoms with Crippen molar-refractivity contribution in [2.24, 2.45) is 0 Å². The third-order valence-electron chi connectivity index (χ3n) is 4.73. The van der Waals surface area contributed by atoms with Crippen LogP contribution in [-0.2, 0) is 17.9 Å². The smallest absolute Gasteiger partial charge is 0.233 e. The van der Waals surface area contributed by atoms with E-state index < -0.39 is 0 Å². The summed E-state index contributed by atoms with van der Waals surface area (Å²) in [7, 11) is 1.75. The summed E-state index contributed by atoms with van der Waals surface area (Å²) in [5.41, 5.74) is 2.02. The van der Waals surface area contributed by atoms with Crippen LogP contribution in [0.1, 0.15) is 11.1 Å². The minimum absolute atomic E-state index is 0.0266. The van der Waals surface area contributed by atoms with Crippen molar-refractivity contribution in [3.63, 3.8) is 0 Å². The van der Waals surface area contributed by atoms with Gasteiger partial charge in [-0.2, -0.15) is 0 Å². The molecule has 2 aromatic carbocycles. The van der Waals surface area contributed by atoms with Crippen LogP contribution in [0.2, 0.25) is 0 Å². The first kappa shape index (κ1) is 21.3. The van der Waals surface area contributed by atoms with Crippen molar-refractivity contribution >= 4 is 29.0 Å². The van der Waals surface area contributed by atoms with Gasteiger partial charge in [-0.15, -0.1) is 21.5 Å². The number of thioether (sulfide) groups is 1. The highest BCUT2D eigenvalue weighted by Gasteiger charge is 2.18. The van der Waals surface area contributed by atoms with Gasteiger partial charge >= 0.3 is 0 Å². The summed E-state index contributed by atoms with van der Waals surface area (Å²) in [6.45, 7) is 1.06. The Balaban J connectivity index is 1.47. The summed E-state index contributed by atoms with van der Waals surface area (Å²) in [4.78, 5) is 15.3. The maximum absolute atomic E-state index is 13.1. The summed E-state index contributed by atoms with van der Waals surface area (Å²) in [6.07, 6.45) is 0. The number of hydrogen-bond acceptors (Lipinski definition) is 5. The lowest BCUT2D eigenvalue weighted by atomic mass is 10.2. The zero-order chi connectivity index (χ0) is 21.6. The minimum atomic E-state index is -0.285. The number of amides is 1. The van der Waals surface area contributed by atoms with Crippen molar-refractivity contribution in [3.8, 4) is 10.7 Å². The van der Waals surface area contributed by atoms with Gasteiger partial charge in [0.05, 0.1) is 17.2 Å². The highest BCUT2D eigenvalue weighted by Crippen LogP contribution is 2.28. The summed E-state index contributed by atoms with van der Waals surface area (Å²) in [6, 6.07) is 20.3. The molecule has 0 aliphatic carbocycles. The molecule has 8 heteroatoms. The lowest BCUT2D eigenvalue weighted by molar-refractivity contribution is -0.127. The molecule has 1 amide bonds. The van der Waals surface area contributed by atoms with E-state index in [9.17, 15) is 9.18 Å². The van der Waals surface area contributed by atoms with Gasteiger partial charge in [0.1, 0.15) is 5.82 Å². The number of carbonyl (C=O) groups excluding carboxylic acids is 1. The standard InChI is InChI=1S/C23H21FN4OS2/c1-27(14-18-9-11-19(24)12-10-18)21(29)16-31-23-26-25-22(20-8-5-13-30-20)28(23)15-17-6-3-2-4-7-17/h2-13H,14-16H2,1H3. The number of rotatable bonds is 8. The predicted molar refractivity (Wildman–Crippen MR) is 122 cm³/mol. The maximum Gasteiger partial charge on any atom is 0.233 e. The second-order valence-electron chi connectivity index (χ2n) is 7.02. The van der Waals surface area contributed by atoms with Gasteiger partial charge in [-0.3, -0.25) is 9.36 Å². The monoisotopic (exact) mass is 452 g/mol. The molecule has 0 aliphatic rings. The minimum Gasteiger partial charge on any atom is -0.341 e. The van der Waals surface area contributed by atoms with E-state index in [1.54, 1.807) is 35.4 Å². The molecule has 158 valence electrons. The van der Waals surface area contributed by atoms with Crippen molar-refractivity contribution in [1.82, 2.24) is 19.7 Å². The zero-order valence-electron chi connectivity index (χ0n) is 16.9. The van der Waals surface area contributed by atoms with Gasteiger partial charge in [0.15, 0.2) is 11.0 Å². The summed E-state index contributed by atoms with van der Waals surface area (Å²) < 4.78 is 15.1. The molecule has 0 atom stereocenters. The van der Waals surface area contributed by atoms with Gasteiger partial charge in [-0.25, -0.2) is 4.39 Å². The van der Waals surface area contributed by atoms with E-state index in [0.29, 0.717) is 18.2 Å². The van der Waals surface area contributed by atoms with Gasteiger partial charge in [0.2, 0.25) is 5.91 Å². The third-order valence-corrected chi connectivity index (χ3v) is 6.54. The Hall–Kier alpha value is -2.97. The van der Waals surface area contributed by atoms with Crippen LogP contribution in [0.3, 0.4) is 0 Å². The first-order valence-electron chi connectivity index (χ1n) is 9.72. The normalized spacial score (nSPS) is 10.9. The lowest BCUT2D eigenvalue weighted by Gasteiger charge is -2.17. The third kappa shape index (κ3) is 5.39. The number of halogens is 1. The number of benzene rings is 2. The highest BCUT2D eigenvalue weighted by molar-refractivity contribution is 7.99. The van der Waals surface area contributed by atoms with Crippen LogP contribution in [0, 0.1) is 5.82 Å². The molecule has 0 saturated heterocycles. The molecule has 4 aromatic rings. The Morgan fingerprint density at radius 2 is 1.81 bits per heavy atom. The molecular formula is C23H21FN4OS2. The second kappa shape index (κ2) is 9.89. The number of nitrogens with zero attached hydrogens (tertiary/aromatic N) is 4. The SMILES string of the molecule is CN(Cc1ccc(F)cc1)C(=O)CSc1nnc(-c2cccs2)n1Cc1ccccc1. The molecule has 4 rings (SSSR count). The molecule has 0 saturated carbocycles. The van der Waals surface area contributed by atoms with E-state index in [1.807, 2.05) is 35.7 Å². The van der Waals surface area contributed by atoms with Crippen LogP contribution >= 0.6 is 23.1 Å². The van der Waals surface area contributed by atoms with Crippen molar-refractivity contribution in [1.29, 1.82) is 0 Å². The largest absolute Gasteiger partial charge is 0.341 e. The number of hydrogen-bond donors (Lipinski definition) is 0. The molecule has 0 spiro atoms. The van der Waals surface area contributed by atoms with Crippen molar-refractivity contribution in [2.75, 3.05) is 12.8 Å². The van der Waals surface area contributed by atoms with Crippen LogP contribution in [0.4, 0.5) is 4.39 Å². The van der Waals surface area contributed by atoms with Gasteiger partial charge < -0.3 is 4.90 Å². The molecular weight excluding hydrogens is 431 g/mol. The quantitative estimate of drug-likeness (QED) is 0.355. The Morgan fingerprint density at radius 3 is 2.52 bits per heavy atom. The summed E-state index contributed by atoms with van der Waals surface area (Å²) >= 11 is 2.99. The Kier molecular flexibility index (Phi) is 6.79. The van der Waals surface area contributed by atoms with Crippen LogP contribution in [-0.4, -0.2) is 38.4 Å². The van der Waals surface area contributed by atoms with E-state index in [1.165, 1.54) is 23.9 Å². The molecule has 2 aromatic heterocycles. The fourth-order valence-electron chi connectivity index (χ4n) is 3.08. The molecule has 31 heavy (non-hydrogen) atoms. The Bertz CT molecular complexity index is 1130. The van der Waals surface area contributed by atoms with Crippen molar-refractivity contribution in [2.45, 2.75) is 18.2 Å². The zero-order valence-corrected chi connectivity index (χ0v) is 18.6. The molecule has 0 fully saturated rings. The number of aromatic nitrogens is 3. The summed E-state index contributed by atoms with van der Waals surface area (Å²) in [5, 5.41) is 11.5. The molecule has 0 N–H and O–H groups in total. The fourth-order valence-corrected chi connectivity index (χ4v) is 4.68. The van der Waals surface area contributed by atoms with Gasteiger partial charge in [-0.05, 0) is 34.7 Å². The molecule has 2 heterocycles. The first-order valence-corrected chi connectivity index (χ1v) is 11.6. The van der Waals surface area contributed by atoms with Crippen LogP contribution in [0.15, 0.2) is 77.3 Å². The topological polar surface area (TPSA) is 51.0 Å². The Morgan fingerprint density at radius 1 is 1.03 bits per heavy atom. The maximum atomic E-state index is 13.1. The van der Waals surface area contributed by atoms with Crippen LogP contribution in [0.25, 0.3) is 10.7 Å². The van der Waals surface area contributed by atoms with E-state index in [-0.39, 0.29) is 17.5 Å². The van der Waals surface area contributed by atoms with E-state index in [0.717, 1.165) is 21.8 Å².